The van der Waals surface area contributed by atoms with E-state index in [0.717, 1.165) is 6.42 Å². The highest BCUT2D eigenvalue weighted by Crippen LogP contribution is 2.32. The van der Waals surface area contributed by atoms with Crippen LogP contribution in [0.2, 0.25) is 0 Å². The van der Waals surface area contributed by atoms with Crippen LogP contribution < -0.4 is 10.6 Å². The van der Waals surface area contributed by atoms with Crippen molar-refractivity contribution in [3.8, 4) is 5.69 Å². The van der Waals surface area contributed by atoms with Gasteiger partial charge < -0.3 is 10.6 Å². The molecule has 1 aliphatic heterocycles. The molecule has 0 radical (unpaired) electrons. The third-order valence-corrected chi connectivity index (χ3v) is 5.75. The molecule has 0 spiro atoms. The summed E-state index contributed by atoms with van der Waals surface area (Å²) in [4.78, 5) is 24.4. The number of amides is 2. The van der Waals surface area contributed by atoms with Gasteiger partial charge >= 0.3 is 11.8 Å². The Hall–Kier alpha value is -2.75. The molecule has 0 fully saturated rings. The zero-order valence-electron chi connectivity index (χ0n) is 15.5. The average molecular weight is 408 g/mol. The third-order valence-electron chi connectivity index (χ3n) is 4.30. The van der Waals surface area contributed by atoms with Crippen LogP contribution in [-0.4, -0.2) is 36.6 Å². The smallest absolute Gasteiger partial charge is 0.314 e. The first kappa shape index (κ1) is 20.0. The molecule has 150 valence electrons. The first-order valence-corrected chi connectivity index (χ1v) is 10.6. The molecule has 28 heavy (non-hydrogen) atoms. The van der Waals surface area contributed by atoms with Crippen molar-refractivity contribution in [3.05, 3.63) is 41.3 Å². The van der Waals surface area contributed by atoms with E-state index in [9.17, 15) is 22.4 Å². The Morgan fingerprint density at radius 2 is 1.86 bits per heavy atom. The van der Waals surface area contributed by atoms with Crippen molar-refractivity contribution < 1.29 is 22.4 Å². The van der Waals surface area contributed by atoms with Gasteiger partial charge in [-0.2, -0.15) is 5.10 Å². The Kier molecular flexibility index (Phi) is 5.50. The maximum absolute atomic E-state index is 13.2. The number of benzene rings is 1. The molecule has 0 saturated heterocycles. The van der Waals surface area contributed by atoms with E-state index in [1.165, 1.54) is 28.9 Å². The molecular formula is C18H21FN4O4S. The molecule has 0 saturated carbocycles. The Balaban J connectivity index is 1.87. The molecule has 0 unspecified atom stereocenters. The summed E-state index contributed by atoms with van der Waals surface area (Å²) < 4.78 is 38.4. The lowest BCUT2D eigenvalue weighted by molar-refractivity contribution is -0.136. The van der Waals surface area contributed by atoms with Crippen LogP contribution in [0.5, 0.6) is 0 Å². The topological polar surface area (TPSA) is 110 Å². The Morgan fingerprint density at radius 1 is 1.18 bits per heavy atom. The van der Waals surface area contributed by atoms with E-state index in [0.29, 0.717) is 29.4 Å². The lowest BCUT2D eigenvalue weighted by atomic mass is 10.1. The number of anilines is 1. The van der Waals surface area contributed by atoms with Gasteiger partial charge in [-0.25, -0.2) is 17.5 Å². The van der Waals surface area contributed by atoms with Gasteiger partial charge in [-0.05, 0) is 36.6 Å². The van der Waals surface area contributed by atoms with Gasteiger partial charge in [-0.15, -0.1) is 0 Å². The number of hydrogen-bond donors (Lipinski definition) is 2. The van der Waals surface area contributed by atoms with E-state index in [2.05, 4.69) is 15.7 Å². The van der Waals surface area contributed by atoms with Gasteiger partial charge in [-0.1, -0.05) is 13.8 Å². The quantitative estimate of drug-likeness (QED) is 0.730. The zero-order chi connectivity index (χ0) is 20.5. The Morgan fingerprint density at radius 3 is 2.50 bits per heavy atom. The Labute approximate surface area is 162 Å². The molecule has 0 aliphatic carbocycles. The number of rotatable bonds is 5. The second-order valence-electron chi connectivity index (χ2n) is 7.09. The molecule has 3 rings (SSSR count). The molecule has 1 aliphatic rings. The van der Waals surface area contributed by atoms with Crippen LogP contribution in [0.25, 0.3) is 5.69 Å². The van der Waals surface area contributed by atoms with Gasteiger partial charge in [0.2, 0.25) is 0 Å². The highest BCUT2D eigenvalue weighted by Gasteiger charge is 2.33. The summed E-state index contributed by atoms with van der Waals surface area (Å²) in [5.41, 5.74) is 1.08. The second kappa shape index (κ2) is 7.70. The molecule has 1 aromatic heterocycles. The molecule has 0 atom stereocenters. The molecule has 2 heterocycles. The highest BCUT2D eigenvalue weighted by atomic mass is 32.2. The van der Waals surface area contributed by atoms with E-state index in [-0.39, 0.29) is 17.3 Å². The first-order valence-electron chi connectivity index (χ1n) is 8.82. The van der Waals surface area contributed by atoms with Crippen LogP contribution in [0, 0.1) is 11.7 Å². The summed E-state index contributed by atoms with van der Waals surface area (Å²) in [5.74, 6) is -2.24. The van der Waals surface area contributed by atoms with Crippen LogP contribution in [0.4, 0.5) is 10.2 Å². The summed E-state index contributed by atoms with van der Waals surface area (Å²) >= 11 is 0. The van der Waals surface area contributed by atoms with Crippen LogP contribution >= 0.6 is 0 Å². The number of carbonyl (C=O) groups is 2. The number of aromatic nitrogens is 2. The minimum Gasteiger partial charge on any atom is -0.348 e. The standard InChI is InChI=1S/C18H21FN4O4S/c1-11(2)7-8-20-17(24)18(25)21-16-14-9-28(26,27)10-15(14)22-23(16)13-5-3-12(19)4-6-13/h3-6,11H,7-10H2,1-2H3,(H,20,24)(H,21,25). The van der Waals surface area contributed by atoms with E-state index in [1.54, 1.807) is 0 Å². The predicted molar refractivity (Wildman–Crippen MR) is 101 cm³/mol. The number of fused-ring (bicyclic) bond motifs is 1. The van der Waals surface area contributed by atoms with Gasteiger partial charge in [0.25, 0.3) is 0 Å². The molecule has 10 heteroatoms. The van der Waals surface area contributed by atoms with E-state index < -0.39 is 27.5 Å². The average Bonchev–Trinajstić information content (AvgIpc) is 3.08. The van der Waals surface area contributed by atoms with Crippen molar-refractivity contribution in [1.29, 1.82) is 0 Å². The molecule has 8 nitrogen and oxygen atoms in total. The molecule has 1 aromatic carbocycles. The fourth-order valence-corrected chi connectivity index (χ4v) is 4.35. The predicted octanol–water partition coefficient (Wildman–Crippen LogP) is 1.54. The number of nitrogens with one attached hydrogen (secondary N) is 2. The van der Waals surface area contributed by atoms with E-state index in [4.69, 9.17) is 0 Å². The van der Waals surface area contributed by atoms with E-state index in [1.807, 2.05) is 13.8 Å². The maximum Gasteiger partial charge on any atom is 0.314 e. The number of hydrogen-bond acceptors (Lipinski definition) is 5. The fourth-order valence-electron chi connectivity index (χ4n) is 2.86. The minimum atomic E-state index is -3.36. The van der Waals surface area contributed by atoms with Gasteiger partial charge in [0.1, 0.15) is 11.6 Å². The zero-order valence-corrected chi connectivity index (χ0v) is 16.3. The minimum absolute atomic E-state index is 0.103. The van der Waals surface area contributed by atoms with Crippen molar-refractivity contribution in [2.45, 2.75) is 31.8 Å². The van der Waals surface area contributed by atoms with Crippen molar-refractivity contribution in [1.82, 2.24) is 15.1 Å². The van der Waals surface area contributed by atoms with Crippen molar-refractivity contribution in [2.24, 2.45) is 5.92 Å². The molecule has 0 bridgehead atoms. The molecule has 2 N–H and O–H groups in total. The lowest BCUT2D eigenvalue weighted by Crippen LogP contribution is -2.36. The summed E-state index contributed by atoms with van der Waals surface area (Å²) in [7, 11) is -3.36. The van der Waals surface area contributed by atoms with Crippen LogP contribution in [-0.2, 0) is 30.9 Å². The first-order chi connectivity index (χ1) is 13.2. The summed E-state index contributed by atoms with van der Waals surface area (Å²) in [6, 6.07) is 5.35. The number of carbonyl (C=O) groups excluding carboxylic acids is 2. The normalized spacial score (nSPS) is 14.7. The van der Waals surface area contributed by atoms with Crippen LogP contribution in [0.15, 0.2) is 24.3 Å². The molecule has 2 aromatic rings. The summed E-state index contributed by atoms with van der Waals surface area (Å²) in [6.07, 6.45) is 0.722. The number of sulfone groups is 1. The van der Waals surface area contributed by atoms with Crippen molar-refractivity contribution in [2.75, 3.05) is 11.9 Å². The summed E-state index contributed by atoms with van der Waals surface area (Å²) in [6.45, 7) is 4.35. The lowest BCUT2D eigenvalue weighted by Gasteiger charge is -2.11. The number of nitrogens with zero attached hydrogens (tertiary/aromatic N) is 2. The van der Waals surface area contributed by atoms with Gasteiger partial charge in [0.15, 0.2) is 9.84 Å². The SMILES string of the molecule is CC(C)CCNC(=O)C(=O)Nc1c2c(nn1-c1ccc(F)cc1)CS(=O)(=O)C2. The number of halogens is 1. The monoisotopic (exact) mass is 408 g/mol. The second-order valence-corrected chi connectivity index (χ2v) is 9.15. The summed E-state index contributed by atoms with van der Waals surface area (Å²) in [5, 5.41) is 9.25. The van der Waals surface area contributed by atoms with Crippen molar-refractivity contribution >= 4 is 27.5 Å². The van der Waals surface area contributed by atoms with Gasteiger partial charge in [0.05, 0.1) is 22.9 Å². The third kappa shape index (κ3) is 4.38. The van der Waals surface area contributed by atoms with Gasteiger partial charge in [0, 0.05) is 12.1 Å². The van der Waals surface area contributed by atoms with Crippen molar-refractivity contribution in [3.63, 3.8) is 0 Å². The van der Waals surface area contributed by atoms with Crippen LogP contribution in [0.1, 0.15) is 31.5 Å². The maximum atomic E-state index is 13.2. The fraction of sp³-hybridized carbons (Fsp3) is 0.389. The molecular weight excluding hydrogens is 387 g/mol. The molecule has 2 amide bonds. The highest BCUT2D eigenvalue weighted by molar-refractivity contribution is 7.90. The van der Waals surface area contributed by atoms with Gasteiger partial charge in [-0.3, -0.25) is 9.59 Å². The largest absolute Gasteiger partial charge is 0.348 e. The Bertz CT molecular complexity index is 1010. The van der Waals surface area contributed by atoms with E-state index >= 15 is 0 Å². The van der Waals surface area contributed by atoms with Crippen LogP contribution in [0.3, 0.4) is 0 Å².